The van der Waals surface area contributed by atoms with Gasteiger partial charge in [-0.1, -0.05) is 33.2 Å². The average Bonchev–Trinajstić information content (AvgIpc) is 3.03. The summed E-state index contributed by atoms with van der Waals surface area (Å²) in [6.07, 6.45) is 0. The molecule has 4 atom stereocenters. The van der Waals surface area contributed by atoms with E-state index in [2.05, 4.69) is 80.2 Å². The van der Waals surface area contributed by atoms with Gasteiger partial charge in [0.05, 0.1) is 0 Å². The minimum atomic E-state index is -5.84. The first kappa shape index (κ1) is 63.8. The Morgan fingerprint density at radius 2 is 0.690 bits per heavy atom. The lowest BCUT2D eigenvalue weighted by atomic mass is 10.9. The first-order valence-corrected chi connectivity index (χ1v) is 32.8. The zero-order valence-corrected chi connectivity index (χ0v) is 39.9. The van der Waals surface area contributed by atoms with Gasteiger partial charge < -0.3 is 15.8 Å². The van der Waals surface area contributed by atoms with E-state index in [4.69, 9.17) is 28.8 Å². The average molecular weight is 1100 g/mol. The van der Waals surface area contributed by atoms with Crippen LogP contribution in [0, 0.1) is 0 Å². The lowest BCUT2D eigenvalue weighted by Crippen LogP contribution is -2.46. The number of rotatable bonds is 26. The summed E-state index contributed by atoms with van der Waals surface area (Å²) in [6.45, 7) is 12.8. The summed E-state index contributed by atoms with van der Waals surface area (Å²) in [7, 11) is -13.4. The van der Waals surface area contributed by atoms with Crippen molar-refractivity contribution in [1.82, 2.24) is 0 Å². The summed E-state index contributed by atoms with van der Waals surface area (Å²) in [5.41, 5.74) is -25.4. The fraction of sp³-hybridized carbons (Fsp3) is 1.00. The number of halogens is 15. The van der Waals surface area contributed by atoms with Crippen molar-refractivity contribution in [3.8, 4) is 0 Å². The van der Waals surface area contributed by atoms with Gasteiger partial charge in [0.1, 0.15) is 48.2 Å². The Labute approximate surface area is 349 Å². The molecule has 0 saturated carbocycles. The molecule has 0 aliphatic heterocycles. The monoisotopic (exact) mass is 1100 g/mol. The van der Waals surface area contributed by atoms with Crippen LogP contribution in [-0.2, 0) is 79.2 Å². The third-order valence-corrected chi connectivity index (χ3v) is 28.5. The van der Waals surface area contributed by atoms with Crippen molar-refractivity contribution in [3.05, 3.63) is 0 Å². The van der Waals surface area contributed by atoms with Crippen molar-refractivity contribution < 1.29 is 148 Å². The standard InChI is InChI=1S/C6H18O2Si2.C2H8O2Si2.5CHF3O3S.2Al/c1-5-7-9(3)10(4)8-6-2;1-5(3)6(2)4;2-1(3,4)8(5,6)7;4*2-1(3,4)8-7-6-5;;/h9-10H,5-6H2,1-4H3;5-6H,1-2H3;(H,5,6,7);4*5H;;/q;-2;;;;;;2*+3/p-4. The summed E-state index contributed by atoms with van der Waals surface area (Å²) < 4.78 is 254. The van der Waals surface area contributed by atoms with E-state index >= 15 is 0 Å². The largest absolute Gasteiger partial charge is 0.957 e. The summed E-state index contributed by atoms with van der Waals surface area (Å²) in [5.74, 6) is 0. The van der Waals surface area contributed by atoms with E-state index < -0.39 is 150 Å². The molecule has 350 valence electrons. The summed E-state index contributed by atoms with van der Waals surface area (Å²) in [4.78, 5) is 0. The molecule has 0 rings (SSSR count). The van der Waals surface area contributed by atoms with Crippen molar-refractivity contribution in [2.75, 3.05) is 13.2 Å². The lowest BCUT2D eigenvalue weighted by Gasteiger charge is -2.22. The van der Waals surface area contributed by atoms with Crippen LogP contribution in [0.5, 0.6) is 0 Å². The van der Waals surface area contributed by atoms with Crippen LogP contribution in [0.3, 0.4) is 0 Å². The minimum absolute atomic E-state index is 0.859. The smallest absolute Gasteiger partial charge is 0.499 e. The van der Waals surface area contributed by atoms with E-state index in [9.17, 15) is 65.9 Å². The van der Waals surface area contributed by atoms with Crippen LogP contribution < -0.4 is 0 Å². The molecule has 0 aromatic carbocycles. The molecule has 0 aliphatic rings. The first-order chi connectivity index (χ1) is 26.1. The zero-order chi connectivity index (χ0) is 46.0. The second-order valence-electron chi connectivity index (χ2n) is 8.55. The quantitative estimate of drug-likeness (QED) is 0.0150. The Bertz CT molecular complexity index is 1040. The Morgan fingerprint density at radius 3 is 0.845 bits per heavy atom. The molecule has 0 bridgehead atoms. The molecule has 0 fully saturated rings. The number of alkyl halides is 15. The van der Waals surface area contributed by atoms with E-state index in [0.29, 0.717) is 0 Å². The molecule has 0 aromatic rings. The Hall–Kier alpha value is 1.55. The van der Waals surface area contributed by atoms with Crippen molar-refractivity contribution in [2.45, 2.75) is 67.6 Å². The maximum Gasteiger partial charge on any atom is 0.957 e. The Kier molecular flexibility index (Phi) is 35.5. The molecule has 0 saturated heterocycles. The van der Waals surface area contributed by atoms with Gasteiger partial charge in [-0.25, -0.2) is 0 Å². The molecular formula is C13H27Al2F15O19S5Si4. The minimum Gasteiger partial charge on any atom is -0.499 e. The van der Waals surface area contributed by atoms with Gasteiger partial charge in [0, 0.05) is 13.2 Å². The fourth-order valence-electron chi connectivity index (χ4n) is 1.89. The van der Waals surface area contributed by atoms with Crippen LogP contribution in [0.2, 0.25) is 26.2 Å². The molecule has 0 spiro atoms. The highest BCUT2D eigenvalue weighted by Crippen LogP contribution is 2.33. The molecule has 0 aliphatic carbocycles. The van der Waals surface area contributed by atoms with Crippen LogP contribution in [0.15, 0.2) is 0 Å². The first-order valence-electron chi connectivity index (χ1n) is 13.7. The fourth-order valence-corrected chi connectivity index (χ4v) is 19.1. The SMILES string of the molecule is CCO[SiH](C)[SiH](C)OCC.C[SiH]([O][Al]([O]OOSC(F)(F)F)[O]OOSC(F)(F)F)[SiH](C)[O][Al]([O]OOSC(F)(F)F)[O]OOSC(F)(F)F.O=S(=O)(O)C(F)(F)F. The molecule has 1 N–H and O–H groups in total. The van der Waals surface area contributed by atoms with Gasteiger partial charge in [0.15, 0.2) is 34.2 Å². The summed E-state index contributed by atoms with van der Waals surface area (Å²) in [6, 6.07) is 0. The van der Waals surface area contributed by atoms with Gasteiger partial charge in [-0.2, -0.15) is 74.3 Å². The molecule has 58 heavy (non-hydrogen) atoms. The van der Waals surface area contributed by atoms with Gasteiger partial charge in [-0.3, -0.25) is 20.3 Å². The van der Waals surface area contributed by atoms with Crippen LogP contribution in [-0.4, -0.2) is 118 Å². The van der Waals surface area contributed by atoms with Crippen LogP contribution in [0.4, 0.5) is 65.9 Å². The van der Waals surface area contributed by atoms with Gasteiger partial charge in [0.25, 0.3) is 0 Å². The van der Waals surface area contributed by atoms with Crippen molar-refractivity contribution >= 4 is 123 Å². The predicted octanol–water partition coefficient (Wildman–Crippen LogP) is 6.21. The van der Waals surface area contributed by atoms with Crippen LogP contribution in [0.1, 0.15) is 13.8 Å². The third-order valence-electron chi connectivity index (χ3n) is 4.22. The van der Waals surface area contributed by atoms with Gasteiger partial charge >= 0.3 is 68.0 Å². The molecule has 19 nitrogen and oxygen atoms in total. The second-order valence-corrected chi connectivity index (χ2v) is 34.7. The van der Waals surface area contributed by atoms with E-state index in [1.807, 2.05) is 0 Å². The highest BCUT2D eigenvalue weighted by Gasteiger charge is 2.46. The molecular weight excluding hydrogens is 1070 g/mol. The van der Waals surface area contributed by atoms with E-state index in [1.54, 1.807) is 0 Å². The maximum atomic E-state index is 12.0. The van der Waals surface area contributed by atoms with Crippen molar-refractivity contribution in [2.24, 2.45) is 0 Å². The molecule has 0 radical (unpaired) electrons. The zero-order valence-electron chi connectivity index (χ0n) is 28.9. The topological polar surface area (TPSA) is 202 Å². The van der Waals surface area contributed by atoms with Gasteiger partial charge in [0.2, 0.25) is 0 Å². The number of hydrogen-bond donors (Lipinski definition) is 1. The highest BCUT2D eigenvalue weighted by molar-refractivity contribution is 7.96. The third kappa shape index (κ3) is 44.2. The van der Waals surface area contributed by atoms with Crippen LogP contribution in [0.25, 0.3) is 0 Å². The van der Waals surface area contributed by atoms with E-state index in [1.165, 1.54) is 13.1 Å². The molecule has 0 heterocycles. The lowest BCUT2D eigenvalue weighted by molar-refractivity contribution is -0.465. The van der Waals surface area contributed by atoms with Crippen LogP contribution >= 0.6 is 48.2 Å². The maximum absolute atomic E-state index is 12.0. The predicted molar refractivity (Wildman–Crippen MR) is 174 cm³/mol. The van der Waals surface area contributed by atoms with E-state index in [0.717, 1.165) is 13.2 Å². The summed E-state index contributed by atoms with van der Waals surface area (Å²) >= 11 is -13.0. The molecule has 4 unspecified atom stereocenters. The van der Waals surface area contributed by atoms with Crippen molar-refractivity contribution in [1.29, 1.82) is 0 Å². The molecule has 0 aromatic heterocycles. The molecule has 45 heteroatoms. The normalized spacial score (nSPS) is 15.1. The van der Waals surface area contributed by atoms with Crippen molar-refractivity contribution in [3.63, 3.8) is 0 Å². The van der Waals surface area contributed by atoms with E-state index in [-0.39, 0.29) is 0 Å². The molecule has 0 amide bonds. The van der Waals surface area contributed by atoms with Gasteiger partial charge in [-0.05, 0) is 26.9 Å². The number of hydrogen-bond acceptors (Lipinski definition) is 22. The second kappa shape index (κ2) is 32.2. The Morgan fingerprint density at radius 1 is 0.483 bits per heavy atom. The Balaban J connectivity index is -0.00000137. The summed E-state index contributed by atoms with van der Waals surface area (Å²) in [5, 5.41) is 14.8. The van der Waals surface area contributed by atoms with Gasteiger partial charge in [-0.15, -0.1) is 17.3 Å². The highest BCUT2D eigenvalue weighted by atomic mass is 32.2.